The summed E-state index contributed by atoms with van der Waals surface area (Å²) < 4.78 is 10.3. The average Bonchev–Trinajstić information content (AvgIpc) is 2.56. The van der Waals surface area contributed by atoms with Gasteiger partial charge in [0.05, 0.1) is 12.3 Å². The van der Waals surface area contributed by atoms with Gasteiger partial charge < -0.3 is 14.9 Å². The van der Waals surface area contributed by atoms with Crippen molar-refractivity contribution in [3.63, 3.8) is 0 Å². The van der Waals surface area contributed by atoms with Crippen molar-refractivity contribution >= 4 is 22.9 Å². The molecule has 15 heavy (non-hydrogen) atoms. The Hall–Kier alpha value is -1.81. The van der Waals surface area contributed by atoms with Crippen molar-refractivity contribution in [3.05, 3.63) is 29.5 Å². The molecular weight excluding hydrogens is 194 g/mol. The fourth-order valence-corrected chi connectivity index (χ4v) is 1.52. The van der Waals surface area contributed by atoms with E-state index in [1.807, 2.05) is 18.2 Å². The van der Waals surface area contributed by atoms with Gasteiger partial charge in [-0.05, 0) is 17.7 Å². The van der Waals surface area contributed by atoms with Crippen LogP contribution in [0.1, 0.15) is 16.1 Å². The molecule has 2 rings (SSSR count). The maximum absolute atomic E-state index is 10.6. The van der Waals surface area contributed by atoms with Crippen LogP contribution in [0.4, 0.5) is 5.69 Å². The summed E-state index contributed by atoms with van der Waals surface area (Å²) >= 11 is 0. The predicted molar refractivity (Wildman–Crippen MR) is 56.7 cm³/mol. The summed E-state index contributed by atoms with van der Waals surface area (Å²) in [5, 5.41) is 0.761. The van der Waals surface area contributed by atoms with Crippen molar-refractivity contribution in [2.45, 2.75) is 6.61 Å². The van der Waals surface area contributed by atoms with E-state index in [4.69, 9.17) is 14.9 Å². The Morgan fingerprint density at radius 1 is 1.53 bits per heavy atom. The minimum Gasteiger partial charge on any atom is -0.451 e. The zero-order valence-electron chi connectivity index (χ0n) is 8.32. The molecule has 0 bridgehead atoms. The Bertz CT molecular complexity index is 502. The van der Waals surface area contributed by atoms with E-state index in [2.05, 4.69) is 0 Å². The zero-order chi connectivity index (χ0) is 10.8. The van der Waals surface area contributed by atoms with E-state index in [0.29, 0.717) is 24.2 Å². The molecular formula is C11H11NO3. The van der Waals surface area contributed by atoms with Crippen molar-refractivity contribution < 1.29 is 13.9 Å². The van der Waals surface area contributed by atoms with Crippen LogP contribution in [0.15, 0.2) is 22.6 Å². The molecule has 0 aliphatic rings. The van der Waals surface area contributed by atoms with Gasteiger partial charge in [0, 0.05) is 12.5 Å². The van der Waals surface area contributed by atoms with Gasteiger partial charge in [-0.2, -0.15) is 0 Å². The average molecular weight is 205 g/mol. The number of rotatable bonds is 3. The molecule has 0 amide bonds. The molecule has 0 saturated heterocycles. The third-order valence-electron chi connectivity index (χ3n) is 2.24. The van der Waals surface area contributed by atoms with Gasteiger partial charge in [0.2, 0.25) is 0 Å². The van der Waals surface area contributed by atoms with Crippen LogP contribution in [-0.4, -0.2) is 13.4 Å². The van der Waals surface area contributed by atoms with Gasteiger partial charge in [0.1, 0.15) is 5.58 Å². The van der Waals surface area contributed by atoms with Crippen molar-refractivity contribution in [2.24, 2.45) is 0 Å². The molecule has 0 atom stereocenters. The quantitative estimate of drug-likeness (QED) is 0.778. The molecule has 0 aliphatic heterocycles. The first-order valence-electron chi connectivity index (χ1n) is 4.51. The van der Waals surface area contributed by atoms with E-state index in [1.54, 1.807) is 7.11 Å². The number of aldehydes is 1. The summed E-state index contributed by atoms with van der Waals surface area (Å²) in [6.07, 6.45) is 0.616. The normalized spacial score (nSPS) is 10.7. The molecule has 0 saturated carbocycles. The lowest BCUT2D eigenvalue weighted by molar-refractivity contribution is 0.110. The number of benzene rings is 1. The highest BCUT2D eigenvalue weighted by molar-refractivity contribution is 5.98. The van der Waals surface area contributed by atoms with Crippen molar-refractivity contribution in [1.29, 1.82) is 0 Å². The Labute approximate surface area is 86.6 Å². The van der Waals surface area contributed by atoms with Gasteiger partial charge in [-0.3, -0.25) is 4.79 Å². The van der Waals surface area contributed by atoms with Crippen molar-refractivity contribution in [1.82, 2.24) is 0 Å². The largest absolute Gasteiger partial charge is 0.451 e. The van der Waals surface area contributed by atoms with Crippen LogP contribution >= 0.6 is 0 Å². The first kappa shape index (κ1) is 9.73. The molecule has 78 valence electrons. The van der Waals surface area contributed by atoms with Crippen molar-refractivity contribution in [2.75, 3.05) is 12.8 Å². The van der Waals surface area contributed by atoms with Crippen LogP contribution in [0, 0.1) is 0 Å². The molecule has 2 N–H and O–H groups in total. The van der Waals surface area contributed by atoms with E-state index in [1.165, 1.54) is 0 Å². The molecule has 4 heteroatoms. The van der Waals surface area contributed by atoms with Crippen LogP contribution in [-0.2, 0) is 11.3 Å². The number of furan rings is 1. The second-order valence-corrected chi connectivity index (χ2v) is 3.26. The van der Waals surface area contributed by atoms with Crippen LogP contribution in [0.25, 0.3) is 11.0 Å². The summed E-state index contributed by atoms with van der Waals surface area (Å²) in [6, 6.07) is 5.55. The summed E-state index contributed by atoms with van der Waals surface area (Å²) in [5.74, 6) is 0.180. The summed E-state index contributed by atoms with van der Waals surface area (Å²) in [5.41, 5.74) is 7.71. The number of nitrogens with two attached hydrogens (primary N) is 1. The number of nitrogen functional groups attached to an aromatic ring is 1. The lowest BCUT2D eigenvalue weighted by Gasteiger charge is -1.98. The molecule has 0 spiro atoms. The van der Waals surface area contributed by atoms with Gasteiger partial charge in [-0.25, -0.2) is 0 Å². The number of methoxy groups -OCH3 is 1. The number of ether oxygens (including phenoxy) is 1. The number of carbonyl (C=O) groups excluding carboxylic acids is 1. The summed E-state index contributed by atoms with van der Waals surface area (Å²) in [6.45, 7) is 0.507. The standard InChI is InChI=1S/C11H11NO3/c1-14-6-7-2-3-8-9(4-7)15-10(5-13)11(8)12/h2-5H,6,12H2,1H3. The van der Waals surface area contributed by atoms with Gasteiger partial charge >= 0.3 is 0 Å². The van der Waals surface area contributed by atoms with Gasteiger partial charge in [-0.15, -0.1) is 0 Å². The molecule has 1 aromatic carbocycles. The lowest BCUT2D eigenvalue weighted by Crippen LogP contribution is -1.88. The third-order valence-corrected chi connectivity index (χ3v) is 2.24. The first-order chi connectivity index (χ1) is 7.26. The lowest BCUT2D eigenvalue weighted by atomic mass is 10.1. The maximum atomic E-state index is 10.6. The summed E-state index contributed by atoms with van der Waals surface area (Å²) in [4.78, 5) is 10.6. The van der Waals surface area contributed by atoms with Crippen LogP contribution in [0.3, 0.4) is 0 Å². The van der Waals surface area contributed by atoms with Gasteiger partial charge in [-0.1, -0.05) is 6.07 Å². The monoisotopic (exact) mass is 205 g/mol. The Morgan fingerprint density at radius 3 is 3.00 bits per heavy atom. The van der Waals surface area contributed by atoms with Crippen LogP contribution < -0.4 is 5.73 Å². The molecule has 1 heterocycles. The second-order valence-electron chi connectivity index (χ2n) is 3.26. The van der Waals surface area contributed by atoms with Gasteiger partial charge in [0.25, 0.3) is 0 Å². The van der Waals surface area contributed by atoms with Gasteiger partial charge in [0.15, 0.2) is 12.0 Å². The number of carbonyl (C=O) groups is 1. The van der Waals surface area contributed by atoms with Crippen LogP contribution in [0.2, 0.25) is 0 Å². The molecule has 0 radical (unpaired) electrons. The smallest absolute Gasteiger partial charge is 0.190 e. The first-order valence-corrected chi connectivity index (χ1v) is 4.51. The van der Waals surface area contributed by atoms with E-state index < -0.39 is 0 Å². The molecule has 0 unspecified atom stereocenters. The molecule has 0 aliphatic carbocycles. The summed E-state index contributed by atoms with van der Waals surface area (Å²) in [7, 11) is 1.62. The highest BCUT2D eigenvalue weighted by Crippen LogP contribution is 2.27. The van der Waals surface area contributed by atoms with Crippen molar-refractivity contribution in [3.8, 4) is 0 Å². The topological polar surface area (TPSA) is 65.5 Å². The Balaban J connectivity index is 2.57. The van der Waals surface area contributed by atoms with E-state index >= 15 is 0 Å². The third kappa shape index (κ3) is 1.59. The molecule has 2 aromatic rings. The number of hydrogen-bond acceptors (Lipinski definition) is 4. The minimum atomic E-state index is 0.180. The maximum Gasteiger partial charge on any atom is 0.190 e. The molecule has 4 nitrogen and oxygen atoms in total. The zero-order valence-corrected chi connectivity index (χ0v) is 8.32. The number of anilines is 1. The van der Waals surface area contributed by atoms with E-state index in [0.717, 1.165) is 10.9 Å². The minimum absolute atomic E-state index is 0.180. The highest BCUT2D eigenvalue weighted by Gasteiger charge is 2.10. The number of fused-ring (bicyclic) bond motifs is 1. The van der Waals surface area contributed by atoms with E-state index in [9.17, 15) is 4.79 Å². The highest BCUT2D eigenvalue weighted by atomic mass is 16.5. The number of hydrogen-bond donors (Lipinski definition) is 1. The fraction of sp³-hybridized carbons (Fsp3) is 0.182. The Kier molecular flexibility index (Phi) is 2.43. The molecule has 0 fully saturated rings. The van der Waals surface area contributed by atoms with Crippen LogP contribution in [0.5, 0.6) is 0 Å². The fourth-order valence-electron chi connectivity index (χ4n) is 1.52. The Morgan fingerprint density at radius 2 is 2.33 bits per heavy atom. The van der Waals surface area contributed by atoms with E-state index in [-0.39, 0.29) is 5.76 Å². The second kappa shape index (κ2) is 3.74. The SMILES string of the molecule is COCc1ccc2c(N)c(C=O)oc2c1. The predicted octanol–water partition coefficient (Wildman–Crippen LogP) is 1.97. The molecule has 1 aromatic heterocycles.